The van der Waals surface area contributed by atoms with Crippen molar-refractivity contribution in [3.05, 3.63) is 57.1 Å². The van der Waals surface area contributed by atoms with Gasteiger partial charge < -0.3 is 10.2 Å². The first kappa shape index (κ1) is 19.7. The molecule has 0 bridgehead atoms. The van der Waals surface area contributed by atoms with Gasteiger partial charge in [0.15, 0.2) is 9.84 Å². The van der Waals surface area contributed by atoms with Crippen molar-refractivity contribution >= 4 is 44.4 Å². The molecule has 2 rings (SSSR count). The highest BCUT2D eigenvalue weighted by Gasteiger charge is 2.24. The Hall–Kier alpha value is -2.65. The number of nitrogens with zero attached hydrogens (tertiary/aromatic N) is 2. The maximum atomic E-state index is 12.5. The van der Waals surface area contributed by atoms with Crippen LogP contribution in [0.3, 0.4) is 0 Å². The molecule has 0 aliphatic carbocycles. The number of nitrogens with one attached hydrogen (secondary N) is 1. The van der Waals surface area contributed by atoms with Crippen LogP contribution in [0.2, 0.25) is 5.02 Å². The summed E-state index contributed by atoms with van der Waals surface area (Å²) in [5.74, 6) is -0.626. The molecule has 26 heavy (non-hydrogen) atoms. The average Bonchev–Trinajstić information content (AvgIpc) is 2.53. The van der Waals surface area contributed by atoms with Crippen LogP contribution in [-0.4, -0.2) is 39.6 Å². The number of rotatable bonds is 5. The summed E-state index contributed by atoms with van der Waals surface area (Å²) in [5, 5.41) is 14.2. The third kappa shape index (κ3) is 4.30. The highest BCUT2D eigenvalue weighted by molar-refractivity contribution is 7.90. The third-order valence-electron chi connectivity index (χ3n) is 3.51. The van der Waals surface area contributed by atoms with E-state index < -0.39 is 31.3 Å². The van der Waals surface area contributed by atoms with Crippen molar-refractivity contribution in [2.75, 3.05) is 30.6 Å². The molecule has 138 valence electrons. The lowest BCUT2D eigenvalue weighted by atomic mass is 10.1. The standard InChI is InChI=1S/C16H16ClN3O5S/c1-19(2)13-6-5-11(17)9-12(13)18-16(21)10-4-7-15(26(3,24)25)14(8-10)20(22)23/h4-9H,1-3H3,(H,18,21). The summed E-state index contributed by atoms with van der Waals surface area (Å²) in [4.78, 5) is 24.1. The van der Waals surface area contributed by atoms with Gasteiger partial charge in [-0.05, 0) is 30.3 Å². The third-order valence-corrected chi connectivity index (χ3v) is 4.89. The topological polar surface area (TPSA) is 110 Å². The molecule has 0 aliphatic rings. The van der Waals surface area contributed by atoms with Crippen molar-refractivity contribution < 1.29 is 18.1 Å². The number of anilines is 2. The van der Waals surface area contributed by atoms with E-state index in [1.165, 1.54) is 6.07 Å². The van der Waals surface area contributed by atoms with Crippen LogP contribution in [0.4, 0.5) is 17.1 Å². The molecular weight excluding hydrogens is 382 g/mol. The molecule has 0 atom stereocenters. The molecule has 0 unspecified atom stereocenters. The van der Waals surface area contributed by atoms with Gasteiger partial charge in [-0.2, -0.15) is 0 Å². The first-order valence-corrected chi connectivity index (χ1v) is 9.54. The van der Waals surface area contributed by atoms with E-state index in [1.54, 1.807) is 37.2 Å². The van der Waals surface area contributed by atoms with E-state index in [2.05, 4.69) is 5.32 Å². The lowest BCUT2D eigenvalue weighted by Crippen LogP contribution is -2.17. The fourth-order valence-corrected chi connectivity index (χ4v) is 3.31. The molecule has 10 heteroatoms. The van der Waals surface area contributed by atoms with Gasteiger partial charge in [0.25, 0.3) is 11.6 Å². The van der Waals surface area contributed by atoms with Crippen LogP contribution >= 0.6 is 11.6 Å². The predicted molar refractivity (Wildman–Crippen MR) is 99.9 cm³/mol. The summed E-state index contributed by atoms with van der Waals surface area (Å²) in [5.41, 5.74) is 0.403. The lowest BCUT2D eigenvalue weighted by Gasteiger charge is -2.18. The van der Waals surface area contributed by atoms with Crippen molar-refractivity contribution in [2.24, 2.45) is 0 Å². The molecule has 0 aromatic heterocycles. The Bertz CT molecular complexity index is 989. The monoisotopic (exact) mass is 397 g/mol. The smallest absolute Gasteiger partial charge is 0.288 e. The first-order chi connectivity index (χ1) is 12.0. The maximum Gasteiger partial charge on any atom is 0.288 e. The molecule has 0 fully saturated rings. The summed E-state index contributed by atoms with van der Waals surface area (Å²) >= 11 is 5.96. The Kier molecular flexibility index (Phi) is 5.53. The molecular formula is C16H16ClN3O5S. The zero-order valence-electron chi connectivity index (χ0n) is 14.2. The van der Waals surface area contributed by atoms with Crippen LogP contribution in [0, 0.1) is 10.1 Å². The minimum atomic E-state index is -3.80. The number of hydrogen-bond acceptors (Lipinski definition) is 6. The number of amides is 1. The number of hydrogen-bond donors (Lipinski definition) is 1. The first-order valence-electron chi connectivity index (χ1n) is 7.27. The summed E-state index contributed by atoms with van der Waals surface area (Å²) in [6.07, 6.45) is 0.865. The van der Waals surface area contributed by atoms with Gasteiger partial charge in [-0.15, -0.1) is 0 Å². The molecule has 1 amide bonds. The molecule has 0 heterocycles. The van der Waals surface area contributed by atoms with Crippen molar-refractivity contribution in [3.63, 3.8) is 0 Å². The number of nitro groups is 1. The SMILES string of the molecule is CN(C)c1ccc(Cl)cc1NC(=O)c1ccc(S(C)(=O)=O)c([N+](=O)[O-])c1. The molecule has 8 nitrogen and oxygen atoms in total. The van der Waals surface area contributed by atoms with E-state index >= 15 is 0 Å². The highest BCUT2D eigenvalue weighted by atomic mass is 35.5. The van der Waals surface area contributed by atoms with Crippen molar-refractivity contribution in [1.82, 2.24) is 0 Å². The van der Waals surface area contributed by atoms with E-state index in [4.69, 9.17) is 11.6 Å². The molecule has 0 aliphatic heterocycles. The molecule has 0 spiro atoms. The van der Waals surface area contributed by atoms with Gasteiger partial charge >= 0.3 is 0 Å². The molecule has 0 saturated heterocycles. The second-order valence-electron chi connectivity index (χ2n) is 5.72. The number of carbonyl (C=O) groups is 1. The fraction of sp³-hybridized carbons (Fsp3) is 0.188. The second-order valence-corrected chi connectivity index (χ2v) is 8.14. The number of nitro benzene ring substituents is 1. The van der Waals surface area contributed by atoms with Crippen LogP contribution in [0.5, 0.6) is 0 Å². The number of sulfone groups is 1. The Morgan fingerprint density at radius 2 is 1.85 bits per heavy atom. The van der Waals surface area contributed by atoms with Crippen LogP contribution in [0.1, 0.15) is 10.4 Å². The lowest BCUT2D eigenvalue weighted by molar-refractivity contribution is -0.387. The fourth-order valence-electron chi connectivity index (χ4n) is 2.31. The van der Waals surface area contributed by atoms with E-state index in [0.717, 1.165) is 18.4 Å². The number of benzene rings is 2. The normalized spacial score (nSPS) is 11.1. The van der Waals surface area contributed by atoms with Crippen LogP contribution in [0.15, 0.2) is 41.3 Å². The van der Waals surface area contributed by atoms with Crippen LogP contribution < -0.4 is 10.2 Å². The molecule has 1 N–H and O–H groups in total. The van der Waals surface area contributed by atoms with E-state index in [-0.39, 0.29) is 5.56 Å². The molecule has 2 aromatic carbocycles. The Morgan fingerprint density at radius 3 is 2.38 bits per heavy atom. The molecule has 0 saturated carbocycles. The zero-order chi connectivity index (χ0) is 19.6. The van der Waals surface area contributed by atoms with Crippen molar-refractivity contribution in [3.8, 4) is 0 Å². The largest absolute Gasteiger partial charge is 0.376 e. The molecule has 0 radical (unpaired) electrons. The highest BCUT2D eigenvalue weighted by Crippen LogP contribution is 2.29. The minimum absolute atomic E-state index is 0.0474. The van der Waals surface area contributed by atoms with Gasteiger partial charge in [-0.3, -0.25) is 14.9 Å². The maximum absolute atomic E-state index is 12.5. The summed E-state index contributed by atoms with van der Waals surface area (Å²) in [6, 6.07) is 8.14. The van der Waals surface area contributed by atoms with E-state index in [0.29, 0.717) is 16.4 Å². The number of halogens is 1. The minimum Gasteiger partial charge on any atom is -0.376 e. The van der Waals surface area contributed by atoms with Gasteiger partial charge in [0.1, 0.15) is 4.90 Å². The van der Waals surface area contributed by atoms with Crippen molar-refractivity contribution in [2.45, 2.75) is 4.90 Å². The Labute approximate surface area is 155 Å². The molecule has 2 aromatic rings. The van der Waals surface area contributed by atoms with E-state index in [1.807, 2.05) is 0 Å². The summed E-state index contributed by atoms with van der Waals surface area (Å²) in [6.45, 7) is 0. The quantitative estimate of drug-likeness (QED) is 0.613. The van der Waals surface area contributed by atoms with Gasteiger partial charge in [0.2, 0.25) is 0 Å². The predicted octanol–water partition coefficient (Wildman–Crippen LogP) is 2.97. The van der Waals surface area contributed by atoms with Gasteiger partial charge in [0, 0.05) is 37.0 Å². The van der Waals surface area contributed by atoms with E-state index in [9.17, 15) is 23.3 Å². The van der Waals surface area contributed by atoms with Gasteiger partial charge in [-0.25, -0.2) is 8.42 Å². The summed E-state index contributed by atoms with van der Waals surface area (Å²) in [7, 11) is -0.236. The number of carbonyl (C=O) groups excluding carboxylic acids is 1. The van der Waals surface area contributed by atoms with Gasteiger partial charge in [0.05, 0.1) is 16.3 Å². The Morgan fingerprint density at radius 1 is 1.19 bits per heavy atom. The van der Waals surface area contributed by atoms with Gasteiger partial charge in [-0.1, -0.05) is 11.6 Å². The Balaban J connectivity index is 2.45. The zero-order valence-corrected chi connectivity index (χ0v) is 15.8. The average molecular weight is 398 g/mol. The summed E-state index contributed by atoms with van der Waals surface area (Å²) < 4.78 is 23.3. The van der Waals surface area contributed by atoms with Crippen LogP contribution in [0.25, 0.3) is 0 Å². The van der Waals surface area contributed by atoms with Crippen molar-refractivity contribution in [1.29, 1.82) is 0 Å². The van der Waals surface area contributed by atoms with Crippen LogP contribution in [-0.2, 0) is 9.84 Å². The second kappa shape index (κ2) is 7.30.